The number of aliphatic hydroxyl groups excluding tert-OH is 2. The average Bonchev–Trinajstić information content (AvgIpc) is 2.71. The van der Waals surface area contributed by atoms with Gasteiger partial charge in [-0.15, -0.1) is 0 Å². The first-order valence-electron chi connectivity index (χ1n) is 5.93. The van der Waals surface area contributed by atoms with Gasteiger partial charge in [-0.25, -0.2) is 0 Å². The molecular weight excluding hydrogens is 263 g/mol. The van der Waals surface area contributed by atoms with Crippen LogP contribution in [0.2, 0.25) is 0 Å². The molecule has 0 aliphatic rings. The van der Waals surface area contributed by atoms with Crippen molar-refractivity contribution >= 4 is 0 Å². The van der Waals surface area contributed by atoms with Crippen LogP contribution in [0.15, 0.2) is 16.7 Å². The molecule has 0 radical (unpaired) electrons. The van der Waals surface area contributed by atoms with Crippen LogP contribution in [0.4, 0.5) is 13.2 Å². The summed E-state index contributed by atoms with van der Waals surface area (Å²) in [4.78, 5) is 1.42. The maximum Gasteiger partial charge on any atom is 0.390 e. The van der Waals surface area contributed by atoms with Crippen LogP contribution in [0, 0.1) is 6.92 Å². The van der Waals surface area contributed by atoms with Gasteiger partial charge in [-0.2, -0.15) is 13.2 Å². The van der Waals surface area contributed by atoms with Gasteiger partial charge < -0.3 is 14.6 Å². The van der Waals surface area contributed by atoms with Gasteiger partial charge in [0.25, 0.3) is 0 Å². The third kappa shape index (κ3) is 6.09. The summed E-state index contributed by atoms with van der Waals surface area (Å²) in [5.41, 5.74) is 0.843. The maximum atomic E-state index is 12.2. The van der Waals surface area contributed by atoms with E-state index in [1.807, 2.05) is 0 Å². The van der Waals surface area contributed by atoms with Crippen LogP contribution >= 0.6 is 0 Å². The first-order chi connectivity index (χ1) is 8.81. The molecule has 19 heavy (non-hydrogen) atoms. The minimum Gasteiger partial charge on any atom is -0.468 e. The molecule has 1 aromatic heterocycles. The van der Waals surface area contributed by atoms with Crippen molar-refractivity contribution in [3.8, 4) is 0 Å². The SMILES string of the molecule is Cc1ccoc1CN(CCC(F)(F)F)C[C@H](O)CO. The van der Waals surface area contributed by atoms with Gasteiger partial charge in [0.05, 0.1) is 31.9 Å². The second-order valence-corrected chi connectivity index (χ2v) is 4.46. The highest BCUT2D eigenvalue weighted by Gasteiger charge is 2.28. The van der Waals surface area contributed by atoms with Crippen LogP contribution in [-0.2, 0) is 6.54 Å². The molecule has 7 heteroatoms. The Morgan fingerprint density at radius 2 is 2.11 bits per heavy atom. The lowest BCUT2D eigenvalue weighted by Gasteiger charge is -2.24. The molecule has 1 rings (SSSR count). The van der Waals surface area contributed by atoms with Crippen LogP contribution in [0.25, 0.3) is 0 Å². The molecule has 0 bridgehead atoms. The topological polar surface area (TPSA) is 56.8 Å². The molecule has 0 saturated carbocycles. The highest BCUT2D eigenvalue weighted by Crippen LogP contribution is 2.21. The minimum absolute atomic E-state index is 0.0350. The monoisotopic (exact) mass is 281 g/mol. The van der Waals surface area contributed by atoms with E-state index >= 15 is 0 Å². The predicted octanol–water partition coefficient (Wildman–Crippen LogP) is 1.70. The first-order valence-corrected chi connectivity index (χ1v) is 5.93. The molecule has 1 atom stereocenters. The summed E-state index contributed by atoms with van der Waals surface area (Å²) < 4.78 is 41.9. The summed E-state index contributed by atoms with van der Waals surface area (Å²) in [5, 5.41) is 18.1. The number of furan rings is 1. The molecule has 0 spiro atoms. The molecule has 0 unspecified atom stereocenters. The summed E-state index contributed by atoms with van der Waals surface area (Å²) in [5.74, 6) is 0.562. The average molecular weight is 281 g/mol. The number of rotatable bonds is 7. The summed E-state index contributed by atoms with van der Waals surface area (Å²) in [6.45, 7) is 1.20. The molecule has 0 aliphatic carbocycles. The zero-order valence-electron chi connectivity index (χ0n) is 10.7. The Bertz CT molecular complexity index is 379. The van der Waals surface area contributed by atoms with Crippen LogP contribution in [-0.4, -0.2) is 47.1 Å². The van der Waals surface area contributed by atoms with Crippen molar-refractivity contribution in [2.24, 2.45) is 0 Å². The van der Waals surface area contributed by atoms with Crippen molar-refractivity contribution in [1.82, 2.24) is 4.90 Å². The number of halogens is 3. The molecule has 2 N–H and O–H groups in total. The Hall–Kier alpha value is -1.05. The van der Waals surface area contributed by atoms with Gasteiger partial charge >= 0.3 is 6.18 Å². The van der Waals surface area contributed by atoms with Crippen molar-refractivity contribution in [2.75, 3.05) is 19.7 Å². The summed E-state index contributed by atoms with van der Waals surface area (Å²) in [6, 6.07) is 1.72. The van der Waals surface area contributed by atoms with Crippen molar-refractivity contribution in [2.45, 2.75) is 32.2 Å². The van der Waals surface area contributed by atoms with Gasteiger partial charge in [0.1, 0.15) is 5.76 Å². The van der Waals surface area contributed by atoms with E-state index in [2.05, 4.69) is 0 Å². The zero-order valence-corrected chi connectivity index (χ0v) is 10.7. The van der Waals surface area contributed by atoms with Crippen molar-refractivity contribution in [3.63, 3.8) is 0 Å². The van der Waals surface area contributed by atoms with Crippen molar-refractivity contribution < 1.29 is 27.8 Å². The lowest BCUT2D eigenvalue weighted by atomic mass is 10.2. The van der Waals surface area contributed by atoms with Crippen LogP contribution in [0.5, 0.6) is 0 Å². The molecule has 0 fully saturated rings. The smallest absolute Gasteiger partial charge is 0.390 e. The van der Waals surface area contributed by atoms with E-state index in [0.29, 0.717) is 5.76 Å². The fourth-order valence-electron chi connectivity index (χ4n) is 1.64. The van der Waals surface area contributed by atoms with E-state index in [9.17, 15) is 18.3 Å². The number of nitrogens with zero attached hydrogens (tertiary/aromatic N) is 1. The Morgan fingerprint density at radius 1 is 1.42 bits per heavy atom. The van der Waals surface area contributed by atoms with Gasteiger partial charge in [0, 0.05) is 13.1 Å². The molecule has 4 nitrogen and oxygen atoms in total. The summed E-state index contributed by atoms with van der Waals surface area (Å²) in [7, 11) is 0. The van der Waals surface area contributed by atoms with E-state index in [4.69, 9.17) is 9.52 Å². The van der Waals surface area contributed by atoms with E-state index in [0.717, 1.165) is 5.56 Å². The van der Waals surface area contributed by atoms with Gasteiger partial charge in [-0.1, -0.05) is 0 Å². The van der Waals surface area contributed by atoms with Crippen LogP contribution in [0.3, 0.4) is 0 Å². The van der Waals surface area contributed by atoms with E-state index in [1.165, 1.54) is 11.2 Å². The minimum atomic E-state index is -4.25. The molecular formula is C12H18F3NO3. The van der Waals surface area contributed by atoms with Crippen LogP contribution < -0.4 is 0 Å². The zero-order chi connectivity index (χ0) is 14.5. The Morgan fingerprint density at radius 3 is 2.58 bits per heavy atom. The van der Waals surface area contributed by atoms with E-state index < -0.39 is 25.3 Å². The number of aliphatic hydroxyl groups is 2. The lowest BCUT2D eigenvalue weighted by Crippen LogP contribution is -2.36. The molecule has 1 heterocycles. The van der Waals surface area contributed by atoms with E-state index in [-0.39, 0.29) is 19.6 Å². The fraction of sp³-hybridized carbons (Fsp3) is 0.667. The standard InChI is InChI=1S/C12H18F3NO3/c1-9-2-5-19-11(9)7-16(6-10(18)8-17)4-3-12(13,14)15/h2,5,10,17-18H,3-4,6-8H2,1H3/t10-/m0/s1. The number of hydrogen-bond donors (Lipinski definition) is 2. The molecule has 1 aromatic rings. The second-order valence-electron chi connectivity index (χ2n) is 4.46. The molecule has 0 saturated heterocycles. The highest BCUT2D eigenvalue weighted by molar-refractivity contribution is 5.14. The number of hydrogen-bond acceptors (Lipinski definition) is 4. The molecule has 0 amide bonds. The third-order valence-electron chi connectivity index (χ3n) is 2.73. The first kappa shape index (κ1) is 16.0. The number of aryl methyl sites for hydroxylation is 1. The van der Waals surface area contributed by atoms with E-state index in [1.54, 1.807) is 13.0 Å². The Labute approximate surface area is 109 Å². The van der Waals surface area contributed by atoms with Gasteiger partial charge in [0.15, 0.2) is 0 Å². The maximum absolute atomic E-state index is 12.2. The van der Waals surface area contributed by atoms with Gasteiger partial charge in [0.2, 0.25) is 0 Å². The number of alkyl halides is 3. The highest BCUT2D eigenvalue weighted by atomic mass is 19.4. The third-order valence-corrected chi connectivity index (χ3v) is 2.73. The largest absolute Gasteiger partial charge is 0.468 e. The Balaban J connectivity index is 2.61. The predicted molar refractivity (Wildman–Crippen MR) is 62.5 cm³/mol. The normalized spacial score (nSPS) is 14.1. The quantitative estimate of drug-likeness (QED) is 0.798. The van der Waals surface area contributed by atoms with Gasteiger partial charge in [-0.05, 0) is 18.6 Å². The van der Waals surface area contributed by atoms with Crippen LogP contribution in [0.1, 0.15) is 17.7 Å². The fourth-order valence-corrected chi connectivity index (χ4v) is 1.64. The second kappa shape index (κ2) is 6.93. The molecule has 0 aromatic carbocycles. The van der Waals surface area contributed by atoms with Gasteiger partial charge in [-0.3, -0.25) is 4.90 Å². The van der Waals surface area contributed by atoms with Crippen molar-refractivity contribution in [3.05, 3.63) is 23.7 Å². The summed E-state index contributed by atoms with van der Waals surface area (Å²) >= 11 is 0. The molecule has 110 valence electrons. The lowest BCUT2D eigenvalue weighted by molar-refractivity contribution is -0.139. The summed E-state index contributed by atoms with van der Waals surface area (Å²) in [6.07, 6.45) is -4.82. The Kier molecular flexibility index (Phi) is 5.84. The van der Waals surface area contributed by atoms with Crippen molar-refractivity contribution in [1.29, 1.82) is 0 Å². The molecule has 0 aliphatic heterocycles.